The van der Waals surface area contributed by atoms with Crippen molar-refractivity contribution in [3.05, 3.63) is 29.3 Å². The van der Waals surface area contributed by atoms with Crippen LogP contribution in [-0.2, 0) is 9.59 Å². The largest absolute Gasteiger partial charge is 0.484 e. The second-order valence-corrected chi connectivity index (χ2v) is 6.71. The van der Waals surface area contributed by atoms with E-state index in [1.165, 1.54) is 0 Å². The first-order chi connectivity index (χ1) is 11.4. The fourth-order valence-electron chi connectivity index (χ4n) is 2.79. The van der Waals surface area contributed by atoms with Crippen LogP contribution in [0.2, 0.25) is 5.02 Å². The summed E-state index contributed by atoms with van der Waals surface area (Å²) in [5, 5.41) is 9.86. The maximum atomic E-state index is 12.5. The Morgan fingerprint density at radius 2 is 2.08 bits per heavy atom. The highest BCUT2D eigenvalue weighted by molar-refractivity contribution is 6.30. The van der Waals surface area contributed by atoms with Crippen LogP contribution in [0.15, 0.2) is 24.3 Å². The van der Waals surface area contributed by atoms with E-state index in [4.69, 9.17) is 16.3 Å². The van der Waals surface area contributed by atoms with E-state index < -0.39 is 11.9 Å². The van der Waals surface area contributed by atoms with Crippen LogP contribution in [0.3, 0.4) is 0 Å². The first kappa shape index (κ1) is 18.5. The quantitative estimate of drug-likeness (QED) is 0.875. The van der Waals surface area contributed by atoms with E-state index >= 15 is 0 Å². The topological polar surface area (TPSA) is 70.1 Å². The van der Waals surface area contributed by atoms with E-state index in [-0.39, 0.29) is 25.1 Å². The van der Waals surface area contributed by atoms with Crippen molar-refractivity contribution in [2.24, 2.45) is 5.92 Å². The Labute approximate surface area is 146 Å². The average Bonchev–Trinajstić information content (AvgIpc) is 2.76. The van der Waals surface area contributed by atoms with Crippen molar-refractivity contribution < 1.29 is 19.4 Å². The van der Waals surface area contributed by atoms with E-state index in [2.05, 4.69) is 0 Å². The number of halogens is 1. The molecule has 2 atom stereocenters. The third-order valence-electron chi connectivity index (χ3n) is 4.31. The monoisotopic (exact) mass is 354 g/mol. The lowest BCUT2D eigenvalue weighted by Crippen LogP contribution is -2.44. The molecule has 1 saturated heterocycles. The number of aliphatic carboxylic acids is 1. The lowest BCUT2D eigenvalue weighted by Gasteiger charge is -2.28. The Bertz CT molecular complexity index is 594. The molecule has 0 spiro atoms. The van der Waals surface area contributed by atoms with Crippen LogP contribution in [0.5, 0.6) is 5.75 Å². The molecule has 0 aromatic heterocycles. The number of hydrogen-bond donors (Lipinski definition) is 1. The van der Waals surface area contributed by atoms with Crippen LogP contribution >= 0.6 is 11.6 Å². The molecule has 1 aromatic rings. The smallest absolute Gasteiger partial charge is 0.308 e. The number of amides is 1. The Balaban J connectivity index is 2.02. The number of likely N-dealkylation sites (tertiary alicyclic amines) is 1. The van der Waals surface area contributed by atoms with Gasteiger partial charge < -0.3 is 19.6 Å². The van der Waals surface area contributed by atoms with Crippen molar-refractivity contribution in [1.29, 1.82) is 0 Å². The maximum Gasteiger partial charge on any atom is 0.308 e. The van der Waals surface area contributed by atoms with Crippen LogP contribution in [0.4, 0.5) is 0 Å². The van der Waals surface area contributed by atoms with Gasteiger partial charge in [-0.1, -0.05) is 17.7 Å². The predicted molar refractivity (Wildman–Crippen MR) is 91.4 cm³/mol. The maximum absolute atomic E-state index is 12.5. The highest BCUT2D eigenvalue weighted by atomic mass is 35.5. The van der Waals surface area contributed by atoms with Crippen molar-refractivity contribution in [3.63, 3.8) is 0 Å². The third-order valence-corrected chi connectivity index (χ3v) is 4.55. The van der Waals surface area contributed by atoms with Gasteiger partial charge in [0.05, 0.1) is 5.92 Å². The van der Waals surface area contributed by atoms with Crippen LogP contribution in [0.1, 0.15) is 12.8 Å². The second-order valence-electron chi connectivity index (χ2n) is 6.27. The normalized spacial score (nSPS) is 21.4. The number of benzene rings is 1. The summed E-state index contributed by atoms with van der Waals surface area (Å²) in [6.45, 7) is 0.596. The van der Waals surface area contributed by atoms with Crippen LogP contribution in [0.25, 0.3) is 0 Å². The van der Waals surface area contributed by atoms with Gasteiger partial charge in [0.15, 0.2) is 6.61 Å². The summed E-state index contributed by atoms with van der Waals surface area (Å²) in [5.41, 5.74) is 0. The lowest BCUT2D eigenvalue weighted by molar-refractivity contribution is -0.143. The lowest BCUT2D eigenvalue weighted by atomic mass is 10.0. The van der Waals surface area contributed by atoms with Crippen LogP contribution < -0.4 is 4.74 Å². The van der Waals surface area contributed by atoms with Gasteiger partial charge in [0.2, 0.25) is 0 Å². The van der Waals surface area contributed by atoms with Crippen molar-refractivity contribution in [1.82, 2.24) is 9.80 Å². The minimum Gasteiger partial charge on any atom is -0.484 e. The zero-order valence-electron chi connectivity index (χ0n) is 13.9. The SMILES string of the molecule is CN(C)[C@@H]1CC[C@H](C(=O)O)CN(C(=O)COc2cccc(Cl)c2)C1. The minimum atomic E-state index is -0.858. The van der Waals surface area contributed by atoms with E-state index in [0.29, 0.717) is 23.7 Å². The van der Waals surface area contributed by atoms with Crippen molar-refractivity contribution >= 4 is 23.5 Å². The number of rotatable bonds is 5. The first-order valence-corrected chi connectivity index (χ1v) is 8.30. The molecule has 0 bridgehead atoms. The van der Waals surface area contributed by atoms with Gasteiger partial charge in [-0.25, -0.2) is 0 Å². The average molecular weight is 355 g/mol. The van der Waals surface area contributed by atoms with E-state index in [1.54, 1.807) is 29.2 Å². The summed E-state index contributed by atoms with van der Waals surface area (Å²) in [6.07, 6.45) is 1.32. The standard InChI is InChI=1S/C17H23ClN2O4/c1-19(2)14-7-6-12(17(22)23)9-20(10-14)16(21)11-24-15-5-3-4-13(18)8-15/h3-5,8,12,14H,6-7,9-11H2,1-2H3,(H,22,23)/t12-,14+/m0/s1. The summed E-state index contributed by atoms with van der Waals surface area (Å²) >= 11 is 5.89. The molecule has 0 aliphatic carbocycles. The molecule has 2 rings (SSSR count). The number of carbonyl (C=O) groups excluding carboxylic acids is 1. The van der Waals surface area contributed by atoms with Gasteiger partial charge in [-0.15, -0.1) is 0 Å². The number of carboxylic acid groups (broad SMARTS) is 1. The zero-order chi connectivity index (χ0) is 17.7. The summed E-state index contributed by atoms with van der Waals surface area (Å²) in [6, 6.07) is 6.98. The van der Waals surface area contributed by atoms with Gasteiger partial charge in [0.25, 0.3) is 5.91 Å². The number of nitrogens with zero attached hydrogens (tertiary/aromatic N) is 2. The van der Waals surface area contributed by atoms with Crippen molar-refractivity contribution in [2.75, 3.05) is 33.8 Å². The van der Waals surface area contributed by atoms with Crippen LogP contribution in [-0.4, -0.2) is 66.6 Å². The molecule has 1 heterocycles. The first-order valence-electron chi connectivity index (χ1n) is 7.92. The summed E-state index contributed by atoms with van der Waals surface area (Å²) in [4.78, 5) is 27.5. The molecule has 6 nitrogen and oxygen atoms in total. The summed E-state index contributed by atoms with van der Waals surface area (Å²) in [7, 11) is 3.88. The van der Waals surface area contributed by atoms with E-state index in [0.717, 1.165) is 6.42 Å². The Morgan fingerprint density at radius 3 is 2.71 bits per heavy atom. The fraction of sp³-hybridized carbons (Fsp3) is 0.529. The molecule has 0 unspecified atom stereocenters. The minimum absolute atomic E-state index is 0.132. The third kappa shape index (κ3) is 5.11. The molecular formula is C17H23ClN2O4. The molecule has 1 aliphatic rings. The molecular weight excluding hydrogens is 332 g/mol. The zero-order valence-corrected chi connectivity index (χ0v) is 14.7. The molecule has 1 fully saturated rings. The predicted octanol–water partition coefficient (Wildman–Crippen LogP) is 1.97. The molecule has 1 amide bonds. The number of likely N-dealkylation sites (N-methyl/N-ethyl adjacent to an activating group) is 1. The van der Waals surface area contributed by atoms with E-state index in [1.807, 2.05) is 19.0 Å². The molecule has 0 radical (unpaired) electrons. The second kappa shape index (κ2) is 8.35. The van der Waals surface area contributed by atoms with Crippen molar-refractivity contribution in [3.8, 4) is 5.75 Å². The molecule has 1 N–H and O–H groups in total. The Hall–Kier alpha value is -1.79. The van der Waals surface area contributed by atoms with Gasteiger partial charge in [-0.05, 0) is 45.1 Å². The van der Waals surface area contributed by atoms with Gasteiger partial charge in [-0.3, -0.25) is 9.59 Å². The van der Waals surface area contributed by atoms with Gasteiger partial charge in [0.1, 0.15) is 5.75 Å². The molecule has 1 aliphatic heterocycles. The van der Waals surface area contributed by atoms with Crippen molar-refractivity contribution in [2.45, 2.75) is 18.9 Å². The van der Waals surface area contributed by atoms with E-state index in [9.17, 15) is 14.7 Å². The molecule has 132 valence electrons. The number of carboxylic acids is 1. The number of carbonyl (C=O) groups is 2. The van der Waals surface area contributed by atoms with Gasteiger partial charge in [0, 0.05) is 24.2 Å². The molecule has 24 heavy (non-hydrogen) atoms. The highest BCUT2D eigenvalue weighted by Crippen LogP contribution is 2.21. The summed E-state index contributed by atoms with van der Waals surface area (Å²) in [5.74, 6) is -1.09. The van der Waals surface area contributed by atoms with Gasteiger partial charge >= 0.3 is 5.97 Å². The highest BCUT2D eigenvalue weighted by Gasteiger charge is 2.31. The fourth-order valence-corrected chi connectivity index (χ4v) is 2.97. The number of hydrogen-bond acceptors (Lipinski definition) is 4. The molecule has 1 aromatic carbocycles. The van der Waals surface area contributed by atoms with Gasteiger partial charge in [-0.2, -0.15) is 0 Å². The Morgan fingerprint density at radius 1 is 1.33 bits per heavy atom. The Kier molecular flexibility index (Phi) is 6.45. The molecule has 0 saturated carbocycles. The molecule has 7 heteroatoms. The number of ether oxygens (including phenoxy) is 1. The van der Waals surface area contributed by atoms with Crippen LogP contribution in [0, 0.1) is 5.92 Å². The summed E-state index contributed by atoms with van der Waals surface area (Å²) < 4.78 is 5.50.